The summed E-state index contributed by atoms with van der Waals surface area (Å²) in [5.41, 5.74) is 2.92. The molecule has 2 nitrogen and oxygen atoms in total. The lowest BCUT2D eigenvalue weighted by atomic mass is 9.90. The molecule has 2 bridgehead atoms. The normalized spacial score (nSPS) is 34.3. The lowest BCUT2D eigenvalue weighted by Crippen LogP contribution is -2.37. The molecule has 1 aliphatic carbocycles. The quantitative estimate of drug-likeness (QED) is 0.857. The number of anilines is 1. The zero-order valence-corrected chi connectivity index (χ0v) is 10.9. The van der Waals surface area contributed by atoms with Gasteiger partial charge in [-0.05, 0) is 43.2 Å². The van der Waals surface area contributed by atoms with E-state index in [9.17, 15) is 0 Å². The van der Waals surface area contributed by atoms with Gasteiger partial charge in [-0.1, -0.05) is 18.2 Å². The highest BCUT2D eigenvalue weighted by atomic mass is 15.2. The van der Waals surface area contributed by atoms with Gasteiger partial charge in [0.2, 0.25) is 0 Å². The van der Waals surface area contributed by atoms with Crippen molar-refractivity contribution in [3.05, 3.63) is 29.8 Å². The van der Waals surface area contributed by atoms with Crippen molar-refractivity contribution >= 4 is 5.69 Å². The molecule has 18 heavy (non-hydrogen) atoms. The van der Waals surface area contributed by atoms with Gasteiger partial charge in [0.25, 0.3) is 0 Å². The van der Waals surface area contributed by atoms with Crippen LogP contribution < -0.4 is 5.32 Å². The van der Waals surface area contributed by atoms with Crippen LogP contribution in [-0.2, 0) is 0 Å². The SMILES string of the molecule is c1ccc2c(c1)NCCC2CN1CC2CCC1C2. The van der Waals surface area contributed by atoms with E-state index < -0.39 is 0 Å². The molecule has 2 fully saturated rings. The second-order valence-corrected chi connectivity index (χ2v) is 6.29. The Bertz CT molecular complexity index is 442. The number of benzene rings is 1. The third-order valence-electron chi connectivity index (χ3n) is 5.19. The predicted octanol–water partition coefficient (Wildman–Crippen LogP) is 3.07. The van der Waals surface area contributed by atoms with E-state index in [1.165, 1.54) is 44.5 Å². The largest absolute Gasteiger partial charge is 0.385 e. The summed E-state index contributed by atoms with van der Waals surface area (Å²) in [6, 6.07) is 9.80. The van der Waals surface area contributed by atoms with E-state index in [0.29, 0.717) is 0 Å². The van der Waals surface area contributed by atoms with E-state index in [0.717, 1.165) is 24.4 Å². The second kappa shape index (κ2) is 4.27. The molecule has 1 aromatic rings. The standard InChI is InChI=1S/C16H22N2/c1-2-4-16-15(3-1)13(7-8-17-16)11-18-10-12-5-6-14(18)9-12/h1-4,12-14,17H,5-11H2. The maximum Gasteiger partial charge on any atom is 0.0376 e. The maximum absolute atomic E-state index is 3.53. The Labute approximate surface area is 109 Å². The van der Waals surface area contributed by atoms with Gasteiger partial charge >= 0.3 is 0 Å². The Morgan fingerprint density at radius 2 is 2.11 bits per heavy atom. The molecule has 3 aliphatic rings. The molecule has 0 radical (unpaired) electrons. The first-order valence-electron chi connectivity index (χ1n) is 7.47. The smallest absolute Gasteiger partial charge is 0.0376 e. The number of nitrogens with zero attached hydrogens (tertiary/aromatic N) is 1. The highest BCUT2D eigenvalue weighted by Crippen LogP contribution is 2.40. The van der Waals surface area contributed by atoms with Crippen molar-refractivity contribution < 1.29 is 0 Å². The Morgan fingerprint density at radius 1 is 1.17 bits per heavy atom. The van der Waals surface area contributed by atoms with Crippen molar-refractivity contribution in [1.82, 2.24) is 4.90 Å². The van der Waals surface area contributed by atoms with Crippen LogP contribution in [-0.4, -0.2) is 30.6 Å². The third-order valence-corrected chi connectivity index (χ3v) is 5.19. The minimum Gasteiger partial charge on any atom is -0.385 e. The lowest BCUT2D eigenvalue weighted by Gasteiger charge is -2.34. The predicted molar refractivity (Wildman–Crippen MR) is 75.0 cm³/mol. The molecule has 96 valence electrons. The fourth-order valence-electron chi connectivity index (χ4n) is 4.27. The first-order valence-corrected chi connectivity index (χ1v) is 7.47. The summed E-state index contributed by atoms with van der Waals surface area (Å²) in [6.45, 7) is 3.81. The number of fused-ring (bicyclic) bond motifs is 3. The van der Waals surface area contributed by atoms with Crippen LogP contribution in [0.25, 0.3) is 0 Å². The van der Waals surface area contributed by atoms with Crippen molar-refractivity contribution in [3.63, 3.8) is 0 Å². The van der Waals surface area contributed by atoms with E-state index in [1.54, 1.807) is 5.56 Å². The van der Waals surface area contributed by atoms with Gasteiger partial charge in [-0.2, -0.15) is 0 Å². The van der Waals surface area contributed by atoms with Crippen LogP contribution in [0.2, 0.25) is 0 Å². The minimum atomic E-state index is 0.752. The van der Waals surface area contributed by atoms with Gasteiger partial charge < -0.3 is 5.32 Å². The van der Waals surface area contributed by atoms with E-state index in [-0.39, 0.29) is 0 Å². The number of hydrogen-bond acceptors (Lipinski definition) is 2. The van der Waals surface area contributed by atoms with Crippen LogP contribution in [0.5, 0.6) is 0 Å². The van der Waals surface area contributed by atoms with Gasteiger partial charge in [0.1, 0.15) is 0 Å². The summed E-state index contributed by atoms with van der Waals surface area (Å²) in [6.07, 6.45) is 5.72. The summed E-state index contributed by atoms with van der Waals surface area (Å²) in [5.74, 6) is 1.77. The highest BCUT2D eigenvalue weighted by molar-refractivity contribution is 5.54. The molecule has 2 aliphatic heterocycles. The molecule has 1 aromatic carbocycles. The van der Waals surface area contributed by atoms with Gasteiger partial charge in [-0.3, -0.25) is 4.90 Å². The van der Waals surface area contributed by atoms with Gasteiger partial charge in [0.15, 0.2) is 0 Å². The average Bonchev–Trinajstić information content (AvgIpc) is 3.01. The van der Waals surface area contributed by atoms with Gasteiger partial charge in [-0.25, -0.2) is 0 Å². The number of rotatable bonds is 2. The zero-order chi connectivity index (χ0) is 11.9. The van der Waals surface area contributed by atoms with Crippen LogP contribution in [0.1, 0.15) is 37.2 Å². The van der Waals surface area contributed by atoms with Crippen LogP contribution in [0.15, 0.2) is 24.3 Å². The van der Waals surface area contributed by atoms with Crippen molar-refractivity contribution in [2.45, 2.75) is 37.6 Å². The van der Waals surface area contributed by atoms with E-state index in [1.807, 2.05) is 0 Å². The molecule has 1 N–H and O–H groups in total. The van der Waals surface area contributed by atoms with Crippen LogP contribution in [0, 0.1) is 5.92 Å². The number of nitrogens with one attached hydrogen (secondary N) is 1. The Kier molecular flexibility index (Phi) is 2.58. The maximum atomic E-state index is 3.53. The van der Waals surface area contributed by atoms with Gasteiger partial charge in [-0.15, -0.1) is 0 Å². The van der Waals surface area contributed by atoms with E-state index in [4.69, 9.17) is 0 Å². The number of piperidine rings is 1. The minimum absolute atomic E-state index is 0.752. The molecule has 0 aromatic heterocycles. The van der Waals surface area contributed by atoms with Crippen molar-refractivity contribution in [1.29, 1.82) is 0 Å². The molecule has 2 heteroatoms. The summed E-state index contributed by atoms with van der Waals surface area (Å²) in [4.78, 5) is 2.78. The van der Waals surface area contributed by atoms with Gasteiger partial charge in [0.05, 0.1) is 0 Å². The molecular weight excluding hydrogens is 220 g/mol. The Balaban J connectivity index is 1.53. The van der Waals surface area contributed by atoms with Gasteiger partial charge in [0, 0.05) is 37.3 Å². The third kappa shape index (κ3) is 1.74. The van der Waals surface area contributed by atoms with E-state index >= 15 is 0 Å². The average molecular weight is 242 g/mol. The number of para-hydroxylation sites is 1. The molecule has 0 spiro atoms. The number of likely N-dealkylation sites (tertiary alicyclic amines) is 1. The van der Waals surface area contributed by atoms with E-state index in [2.05, 4.69) is 34.5 Å². The fraction of sp³-hybridized carbons (Fsp3) is 0.625. The summed E-state index contributed by atoms with van der Waals surface area (Å²) in [5, 5.41) is 3.53. The monoisotopic (exact) mass is 242 g/mol. The summed E-state index contributed by atoms with van der Waals surface area (Å²) in [7, 11) is 0. The zero-order valence-electron chi connectivity index (χ0n) is 10.9. The molecule has 2 heterocycles. The highest BCUT2D eigenvalue weighted by Gasteiger charge is 2.38. The lowest BCUT2D eigenvalue weighted by molar-refractivity contribution is 0.198. The fourth-order valence-corrected chi connectivity index (χ4v) is 4.27. The van der Waals surface area contributed by atoms with Crippen LogP contribution in [0.3, 0.4) is 0 Å². The molecule has 1 saturated carbocycles. The molecule has 1 saturated heterocycles. The molecule has 0 amide bonds. The molecular formula is C16H22N2. The van der Waals surface area contributed by atoms with Crippen LogP contribution in [0.4, 0.5) is 5.69 Å². The topological polar surface area (TPSA) is 15.3 Å². The Hall–Kier alpha value is -1.02. The van der Waals surface area contributed by atoms with Crippen molar-refractivity contribution in [2.75, 3.05) is 25.0 Å². The number of hydrogen-bond donors (Lipinski definition) is 1. The van der Waals surface area contributed by atoms with Crippen LogP contribution >= 0.6 is 0 Å². The van der Waals surface area contributed by atoms with Crippen molar-refractivity contribution in [3.8, 4) is 0 Å². The first-order chi connectivity index (χ1) is 8.90. The molecule has 3 atom stereocenters. The van der Waals surface area contributed by atoms with Crippen molar-refractivity contribution in [2.24, 2.45) is 5.92 Å². The molecule has 4 rings (SSSR count). The Morgan fingerprint density at radius 3 is 2.94 bits per heavy atom. The summed E-state index contributed by atoms with van der Waals surface area (Å²) >= 11 is 0. The first kappa shape index (κ1) is 10.9. The summed E-state index contributed by atoms with van der Waals surface area (Å²) < 4.78 is 0. The molecule has 3 unspecified atom stereocenters. The second-order valence-electron chi connectivity index (χ2n) is 6.29.